The average Bonchev–Trinajstić information content (AvgIpc) is 2.36. The molecule has 2 atom stereocenters. The molecule has 1 saturated carbocycles. The van der Waals surface area contributed by atoms with Gasteiger partial charge in [-0.2, -0.15) is 11.8 Å². The summed E-state index contributed by atoms with van der Waals surface area (Å²) in [6, 6.07) is -0.0303. The quantitative estimate of drug-likeness (QED) is 0.768. The summed E-state index contributed by atoms with van der Waals surface area (Å²) in [6.07, 6.45) is 3.94. The highest BCUT2D eigenvalue weighted by Crippen LogP contribution is 2.25. The van der Waals surface area contributed by atoms with E-state index in [1.807, 2.05) is 18.8 Å². The van der Waals surface area contributed by atoms with E-state index in [-0.39, 0.29) is 22.8 Å². The maximum Gasteiger partial charge on any atom is 0.317 e. The monoisotopic (exact) mass is 302 g/mol. The van der Waals surface area contributed by atoms with E-state index in [1.165, 1.54) is 6.42 Å². The summed E-state index contributed by atoms with van der Waals surface area (Å²) in [5.41, 5.74) is 0. The van der Waals surface area contributed by atoms with Gasteiger partial charge in [-0.25, -0.2) is 4.79 Å². The lowest BCUT2D eigenvalue weighted by Gasteiger charge is -2.31. The predicted molar refractivity (Wildman–Crippen MR) is 86.2 cm³/mol. The van der Waals surface area contributed by atoms with Crippen LogP contribution in [-0.2, 0) is 0 Å². The van der Waals surface area contributed by atoms with Crippen molar-refractivity contribution in [3.63, 3.8) is 0 Å². The van der Waals surface area contributed by atoms with Crippen LogP contribution in [0.4, 0.5) is 4.79 Å². The lowest BCUT2D eigenvalue weighted by molar-refractivity contribution is 0.0565. The summed E-state index contributed by atoms with van der Waals surface area (Å²) in [6.45, 7) is 7.87. The zero-order chi connectivity index (χ0) is 15.2. The highest BCUT2D eigenvalue weighted by Gasteiger charge is 2.25. The van der Waals surface area contributed by atoms with E-state index in [2.05, 4.69) is 26.1 Å². The van der Waals surface area contributed by atoms with E-state index in [0.29, 0.717) is 13.1 Å². The predicted octanol–water partition coefficient (Wildman–Crippen LogP) is 2.71. The van der Waals surface area contributed by atoms with Gasteiger partial charge in [-0.3, -0.25) is 0 Å². The van der Waals surface area contributed by atoms with Crippen molar-refractivity contribution in [3.8, 4) is 0 Å². The molecule has 2 N–H and O–H groups in total. The number of aliphatic hydroxyl groups excluding tert-OH is 1. The summed E-state index contributed by atoms with van der Waals surface area (Å²) in [4.78, 5) is 13.7. The molecule has 0 saturated heterocycles. The first-order chi connectivity index (χ1) is 9.29. The number of hydrogen-bond donors (Lipinski definition) is 2. The Labute approximate surface area is 127 Å². The highest BCUT2D eigenvalue weighted by molar-refractivity contribution is 8.00. The molecule has 0 heterocycles. The third kappa shape index (κ3) is 6.84. The van der Waals surface area contributed by atoms with Gasteiger partial charge in [-0.05, 0) is 12.8 Å². The largest absolute Gasteiger partial charge is 0.393 e. The maximum absolute atomic E-state index is 12.0. The van der Waals surface area contributed by atoms with Crippen molar-refractivity contribution in [1.82, 2.24) is 10.2 Å². The molecule has 118 valence electrons. The minimum absolute atomic E-state index is 0.0303. The molecule has 1 aliphatic rings. The molecule has 0 bridgehead atoms. The second kappa shape index (κ2) is 8.13. The normalized spacial score (nSPS) is 23.4. The van der Waals surface area contributed by atoms with Gasteiger partial charge in [0.15, 0.2) is 0 Å². The van der Waals surface area contributed by atoms with Crippen LogP contribution in [0.15, 0.2) is 0 Å². The third-order valence-corrected chi connectivity index (χ3v) is 4.91. The molecule has 20 heavy (non-hydrogen) atoms. The van der Waals surface area contributed by atoms with Crippen LogP contribution in [0.3, 0.4) is 0 Å². The first-order valence-electron chi connectivity index (χ1n) is 7.60. The van der Waals surface area contributed by atoms with Crippen LogP contribution in [0.5, 0.6) is 0 Å². The molecular formula is C15H30N2O2S. The van der Waals surface area contributed by atoms with Gasteiger partial charge in [0, 0.05) is 36.6 Å². The van der Waals surface area contributed by atoms with Gasteiger partial charge in [-0.1, -0.05) is 33.6 Å². The van der Waals surface area contributed by atoms with Gasteiger partial charge in [-0.15, -0.1) is 0 Å². The SMILES string of the molecule is CN(C[C@@H]1CCCC[C@@H]1O)C(=O)NCCSC(C)(C)C. The lowest BCUT2D eigenvalue weighted by atomic mass is 9.86. The average molecular weight is 302 g/mol. The molecule has 0 aromatic carbocycles. The van der Waals surface area contributed by atoms with Gasteiger partial charge in [0.2, 0.25) is 0 Å². The number of aliphatic hydroxyl groups is 1. The van der Waals surface area contributed by atoms with Crippen LogP contribution in [-0.4, -0.2) is 52.8 Å². The van der Waals surface area contributed by atoms with Crippen molar-refractivity contribution in [2.24, 2.45) is 5.92 Å². The van der Waals surface area contributed by atoms with Crippen LogP contribution in [0.25, 0.3) is 0 Å². The lowest BCUT2D eigenvalue weighted by Crippen LogP contribution is -2.43. The molecule has 0 aliphatic heterocycles. The van der Waals surface area contributed by atoms with Gasteiger partial charge >= 0.3 is 6.03 Å². The fraction of sp³-hybridized carbons (Fsp3) is 0.933. The molecule has 1 rings (SSSR count). The van der Waals surface area contributed by atoms with Crippen molar-refractivity contribution >= 4 is 17.8 Å². The Hall–Kier alpha value is -0.420. The summed E-state index contributed by atoms with van der Waals surface area (Å²) >= 11 is 1.85. The summed E-state index contributed by atoms with van der Waals surface area (Å²) in [5, 5.41) is 12.9. The molecule has 5 heteroatoms. The topological polar surface area (TPSA) is 52.6 Å². The van der Waals surface area contributed by atoms with Crippen LogP contribution in [0.2, 0.25) is 0 Å². The highest BCUT2D eigenvalue weighted by atomic mass is 32.2. The standard InChI is InChI=1S/C15H30N2O2S/c1-15(2,3)20-10-9-16-14(19)17(4)11-12-7-5-6-8-13(12)18/h12-13,18H,5-11H2,1-4H3,(H,16,19)/t12-,13-/m0/s1. The van der Waals surface area contributed by atoms with Crippen molar-refractivity contribution in [3.05, 3.63) is 0 Å². The van der Waals surface area contributed by atoms with Crippen molar-refractivity contribution < 1.29 is 9.90 Å². The van der Waals surface area contributed by atoms with E-state index in [9.17, 15) is 9.90 Å². The zero-order valence-corrected chi connectivity index (χ0v) is 14.1. The van der Waals surface area contributed by atoms with Crippen LogP contribution in [0.1, 0.15) is 46.5 Å². The second-order valence-electron chi connectivity index (χ2n) is 6.69. The Balaban J connectivity index is 2.21. The first kappa shape index (κ1) is 17.6. The number of carbonyl (C=O) groups excluding carboxylic acids is 1. The summed E-state index contributed by atoms with van der Waals surface area (Å²) < 4.78 is 0.239. The molecule has 0 spiro atoms. The Bertz CT molecular complexity index is 305. The fourth-order valence-corrected chi connectivity index (χ4v) is 3.30. The fourth-order valence-electron chi connectivity index (χ4n) is 2.49. The van der Waals surface area contributed by atoms with E-state index in [1.54, 1.807) is 4.90 Å². The number of amides is 2. The Morgan fingerprint density at radius 2 is 2.00 bits per heavy atom. The minimum Gasteiger partial charge on any atom is -0.393 e. The number of thioether (sulfide) groups is 1. The van der Waals surface area contributed by atoms with Crippen molar-refractivity contribution in [1.29, 1.82) is 0 Å². The molecule has 0 aromatic rings. The number of nitrogens with one attached hydrogen (secondary N) is 1. The van der Waals surface area contributed by atoms with Crippen LogP contribution >= 0.6 is 11.8 Å². The van der Waals surface area contributed by atoms with Gasteiger partial charge in [0.1, 0.15) is 0 Å². The molecule has 0 aromatic heterocycles. The first-order valence-corrected chi connectivity index (χ1v) is 8.59. The molecule has 4 nitrogen and oxygen atoms in total. The van der Waals surface area contributed by atoms with E-state index < -0.39 is 0 Å². The van der Waals surface area contributed by atoms with Crippen LogP contribution < -0.4 is 5.32 Å². The Morgan fingerprint density at radius 1 is 1.35 bits per heavy atom. The number of hydrogen-bond acceptors (Lipinski definition) is 3. The second-order valence-corrected chi connectivity index (χ2v) is 8.61. The zero-order valence-electron chi connectivity index (χ0n) is 13.3. The Morgan fingerprint density at radius 3 is 2.60 bits per heavy atom. The number of carbonyl (C=O) groups is 1. The van der Waals surface area contributed by atoms with E-state index >= 15 is 0 Å². The molecule has 0 unspecified atom stereocenters. The molecular weight excluding hydrogens is 272 g/mol. The maximum atomic E-state index is 12.0. The minimum atomic E-state index is -0.240. The summed E-state index contributed by atoms with van der Waals surface area (Å²) in [7, 11) is 1.81. The summed E-state index contributed by atoms with van der Waals surface area (Å²) in [5.74, 6) is 1.17. The number of urea groups is 1. The molecule has 2 amide bonds. The van der Waals surface area contributed by atoms with Gasteiger partial charge < -0.3 is 15.3 Å². The smallest absolute Gasteiger partial charge is 0.317 e. The van der Waals surface area contributed by atoms with E-state index in [0.717, 1.165) is 25.0 Å². The van der Waals surface area contributed by atoms with Gasteiger partial charge in [0.25, 0.3) is 0 Å². The number of rotatable bonds is 5. The van der Waals surface area contributed by atoms with E-state index in [4.69, 9.17) is 0 Å². The van der Waals surface area contributed by atoms with Crippen molar-refractivity contribution in [2.75, 3.05) is 25.9 Å². The van der Waals surface area contributed by atoms with Crippen molar-refractivity contribution in [2.45, 2.75) is 57.3 Å². The third-order valence-electron chi connectivity index (χ3n) is 3.64. The molecule has 0 radical (unpaired) electrons. The molecule has 1 fully saturated rings. The van der Waals surface area contributed by atoms with Crippen LogP contribution in [0, 0.1) is 5.92 Å². The Kier molecular flexibility index (Phi) is 7.17. The molecule has 1 aliphatic carbocycles. The number of nitrogens with zero attached hydrogens (tertiary/aromatic N) is 1. The van der Waals surface area contributed by atoms with Gasteiger partial charge in [0.05, 0.1) is 6.10 Å².